The lowest BCUT2D eigenvalue weighted by molar-refractivity contribution is 0.806. The SMILES string of the molecule is O=c1c2ccccc2nc2nn[nH]n12. The predicted octanol–water partition coefficient (Wildman–Crippen LogP) is -0.0342. The van der Waals surface area contributed by atoms with Gasteiger partial charge in [0, 0.05) is 0 Å². The van der Waals surface area contributed by atoms with Gasteiger partial charge < -0.3 is 0 Å². The van der Waals surface area contributed by atoms with Gasteiger partial charge >= 0.3 is 0 Å². The van der Waals surface area contributed by atoms with E-state index < -0.39 is 0 Å². The third-order valence-electron chi connectivity index (χ3n) is 2.04. The molecule has 3 rings (SSSR count). The number of nitrogens with zero attached hydrogens (tertiary/aromatic N) is 4. The first-order valence-electron chi connectivity index (χ1n) is 4.05. The molecule has 0 aliphatic rings. The maximum atomic E-state index is 11.8. The smallest absolute Gasteiger partial charge is 0.267 e. The number of hydrogen-bond acceptors (Lipinski definition) is 4. The van der Waals surface area contributed by atoms with Crippen LogP contribution in [0.4, 0.5) is 0 Å². The van der Waals surface area contributed by atoms with E-state index in [9.17, 15) is 4.79 Å². The molecule has 0 spiro atoms. The minimum absolute atomic E-state index is 0.185. The number of benzene rings is 1. The number of nitrogens with one attached hydrogen (secondary N) is 1. The molecule has 0 fully saturated rings. The zero-order valence-electron chi connectivity index (χ0n) is 7.01. The maximum Gasteiger partial charge on any atom is 0.283 e. The lowest BCUT2D eigenvalue weighted by Crippen LogP contribution is -2.15. The maximum absolute atomic E-state index is 11.8. The van der Waals surface area contributed by atoms with Crippen molar-refractivity contribution in [2.45, 2.75) is 0 Å². The van der Waals surface area contributed by atoms with E-state index in [0.29, 0.717) is 10.9 Å². The average Bonchev–Trinajstić information content (AvgIpc) is 2.66. The number of aromatic nitrogens is 5. The van der Waals surface area contributed by atoms with E-state index in [1.807, 2.05) is 6.07 Å². The van der Waals surface area contributed by atoms with E-state index in [4.69, 9.17) is 0 Å². The largest absolute Gasteiger partial charge is 0.283 e. The van der Waals surface area contributed by atoms with Gasteiger partial charge in [0.15, 0.2) is 0 Å². The molecule has 0 amide bonds. The number of aromatic amines is 1. The summed E-state index contributed by atoms with van der Waals surface area (Å²) in [5, 5.41) is 10.2. The first kappa shape index (κ1) is 7.19. The Morgan fingerprint density at radius 2 is 2.14 bits per heavy atom. The van der Waals surface area contributed by atoms with Gasteiger partial charge in [-0.1, -0.05) is 17.2 Å². The second-order valence-electron chi connectivity index (χ2n) is 2.87. The molecule has 1 N–H and O–H groups in total. The molecular weight excluding hydrogens is 182 g/mol. The molecule has 14 heavy (non-hydrogen) atoms. The Labute approximate surface area is 77.2 Å². The van der Waals surface area contributed by atoms with E-state index in [0.717, 1.165) is 0 Å². The van der Waals surface area contributed by atoms with E-state index in [-0.39, 0.29) is 11.3 Å². The molecule has 0 aliphatic carbocycles. The molecule has 0 saturated heterocycles. The van der Waals surface area contributed by atoms with Crippen molar-refractivity contribution in [3.63, 3.8) is 0 Å². The molecule has 68 valence electrons. The van der Waals surface area contributed by atoms with Crippen molar-refractivity contribution < 1.29 is 0 Å². The van der Waals surface area contributed by atoms with Crippen LogP contribution < -0.4 is 5.56 Å². The van der Waals surface area contributed by atoms with Crippen molar-refractivity contribution in [1.29, 1.82) is 0 Å². The fourth-order valence-electron chi connectivity index (χ4n) is 1.39. The Balaban J connectivity index is 2.70. The number of fused-ring (bicyclic) bond motifs is 2. The van der Waals surface area contributed by atoms with Crippen LogP contribution in [0.15, 0.2) is 29.1 Å². The summed E-state index contributed by atoms with van der Waals surface area (Å²) in [6.07, 6.45) is 0. The lowest BCUT2D eigenvalue weighted by Gasteiger charge is -1.94. The molecule has 2 heterocycles. The molecule has 3 aromatic rings. The number of rotatable bonds is 0. The minimum atomic E-state index is -0.185. The Bertz CT molecular complexity index is 668. The monoisotopic (exact) mass is 187 g/mol. The highest BCUT2D eigenvalue weighted by Crippen LogP contribution is 2.05. The summed E-state index contributed by atoms with van der Waals surface area (Å²) in [7, 11) is 0. The number of tetrazole rings is 1. The fraction of sp³-hybridized carbons (Fsp3) is 0. The van der Waals surface area contributed by atoms with Crippen molar-refractivity contribution in [3.8, 4) is 0 Å². The van der Waals surface area contributed by atoms with Crippen LogP contribution in [-0.4, -0.2) is 25.0 Å². The topological polar surface area (TPSA) is 75.9 Å². The normalized spacial score (nSPS) is 11.1. The van der Waals surface area contributed by atoms with Gasteiger partial charge in [0.1, 0.15) is 0 Å². The summed E-state index contributed by atoms with van der Waals surface area (Å²) in [6, 6.07) is 7.11. The Morgan fingerprint density at radius 1 is 1.29 bits per heavy atom. The van der Waals surface area contributed by atoms with Crippen molar-refractivity contribution >= 4 is 16.7 Å². The van der Waals surface area contributed by atoms with Crippen molar-refractivity contribution in [1.82, 2.24) is 25.0 Å². The second-order valence-corrected chi connectivity index (χ2v) is 2.87. The molecule has 1 aromatic carbocycles. The zero-order valence-corrected chi connectivity index (χ0v) is 7.01. The summed E-state index contributed by atoms with van der Waals surface area (Å²) in [4.78, 5) is 15.9. The molecule has 2 aromatic heterocycles. The van der Waals surface area contributed by atoms with Crippen LogP contribution in [0, 0.1) is 0 Å². The summed E-state index contributed by atoms with van der Waals surface area (Å²) >= 11 is 0. The number of H-pyrrole nitrogens is 1. The molecular formula is C8H5N5O. The molecule has 0 aliphatic heterocycles. The van der Waals surface area contributed by atoms with Crippen LogP contribution in [-0.2, 0) is 0 Å². The van der Waals surface area contributed by atoms with Crippen LogP contribution in [0.3, 0.4) is 0 Å². The number of para-hydroxylation sites is 1. The Hall–Kier alpha value is -2.24. The van der Waals surface area contributed by atoms with Gasteiger partial charge in [0.2, 0.25) is 0 Å². The van der Waals surface area contributed by atoms with Gasteiger partial charge in [-0.05, 0) is 17.3 Å². The fourth-order valence-corrected chi connectivity index (χ4v) is 1.39. The third-order valence-corrected chi connectivity index (χ3v) is 2.04. The van der Waals surface area contributed by atoms with E-state index in [1.165, 1.54) is 4.52 Å². The highest BCUT2D eigenvalue weighted by molar-refractivity contribution is 5.78. The lowest BCUT2D eigenvalue weighted by atomic mass is 10.2. The molecule has 0 unspecified atom stereocenters. The van der Waals surface area contributed by atoms with Gasteiger partial charge in [0.25, 0.3) is 11.3 Å². The van der Waals surface area contributed by atoms with Gasteiger partial charge in [-0.25, -0.2) is 4.98 Å². The van der Waals surface area contributed by atoms with Crippen molar-refractivity contribution in [2.75, 3.05) is 0 Å². The molecule has 0 saturated carbocycles. The summed E-state index contributed by atoms with van der Waals surface area (Å²) in [6.45, 7) is 0. The van der Waals surface area contributed by atoms with E-state index >= 15 is 0 Å². The summed E-state index contributed by atoms with van der Waals surface area (Å²) in [5.74, 6) is 0.286. The van der Waals surface area contributed by atoms with Crippen LogP contribution in [0.1, 0.15) is 0 Å². The Morgan fingerprint density at radius 3 is 3.07 bits per heavy atom. The molecule has 6 nitrogen and oxygen atoms in total. The zero-order chi connectivity index (χ0) is 9.54. The van der Waals surface area contributed by atoms with Crippen molar-refractivity contribution in [2.24, 2.45) is 0 Å². The summed E-state index contributed by atoms with van der Waals surface area (Å²) < 4.78 is 1.21. The van der Waals surface area contributed by atoms with Gasteiger partial charge in [-0.15, -0.1) is 0 Å². The first-order valence-corrected chi connectivity index (χ1v) is 4.05. The summed E-state index contributed by atoms with van der Waals surface area (Å²) in [5.41, 5.74) is 0.446. The van der Waals surface area contributed by atoms with Crippen LogP contribution in [0.5, 0.6) is 0 Å². The molecule has 0 radical (unpaired) electrons. The quantitative estimate of drug-likeness (QED) is 0.536. The predicted molar refractivity (Wildman–Crippen MR) is 48.9 cm³/mol. The Kier molecular flexibility index (Phi) is 1.22. The highest BCUT2D eigenvalue weighted by Gasteiger charge is 2.05. The van der Waals surface area contributed by atoms with Crippen LogP contribution in [0.25, 0.3) is 16.7 Å². The molecule has 6 heteroatoms. The number of hydrogen-bond donors (Lipinski definition) is 1. The minimum Gasteiger partial charge on any atom is -0.267 e. The standard InChI is InChI=1S/C8H5N5O/c14-7-5-3-1-2-4-6(5)9-8-10-11-12-13(7)8/h1-4H,(H,9,10,12). The first-order chi connectivity index (χ1) is 6.86. The van der Waals surface area contributed by atoms with E-state index in [2.05, 4.69) is 20.5 Å². The van der Waals surface area contributed by atoms with Crippen molar-refractivity contribution in [3.05, 3.63) is 34.6 Å². The van der Waals surface area contributed by atoms with Gasteiger partial charge in [-0.3, -0.25) is 4.79 Å². The van der Waals surface area contributed by atoms with E-state index in [1.54, 1.807) is 18.2 Å². The van der Waals surface area contributed by atoms with Crippen LogP contribution in [0.2, 0.25) is 0 Å². The average molecular weight is 187 g/mol. The third kappa shape index (κ3) is 0.792. The highest BCUT2D eigenvalue weighted by atomic mass is 16.1. The van der Waals surface area contributed by atoms with Gasteiger partial charge in [-0.2, -0.15) is 9.73 Å². The van der Waals surface area contributed by atoms with Gasteiger partial charge in [0.05, 0.1) is 10.9 Å². The second kappa shape index (κ2) is 2.38. The molecule has 0 atom stereocenters. The van der Waals surface area contributed by atoms with Crippen LogP contribution >= 0.6 is 0 Å². The molecule has 0 bridgehead atoms.